The van der Waals surface area contributed by atoms with Crippen molar-refractivity contribution >= 4 is 0 Å². The number of piperazine rings is 1. The smallest absolute Gasteiger partial charge is 0.0278 e. The van der Waals surface area contributed by atoms with Crippen LogP contribution >= 0.6 is 0 Å². The number of hydrogen-bond donors (Lipinski definition) is 1. The van der Waals surface area contributed by atoms with Crippen LogP contribution in [-0.2, 0) is 0 Å². The second kappa shape index (κ2) is 4.84. The lowest BCUT2D eigenvalue weighted by Gasteiger charge is -2.49. The summed E-state index contributed by atoms with van der Waals surface area (Å²) < 4.78 is 0. The summed E-state index contributed by atoms with van der Waals surface area (Å²) in [6.45, 7) is 15.1. The lowest BCUT2D eigenvalue weighted by atomic mass is 9.91. The van der Waals surface area contributed by atoms with Crippen LogP contribution in [0.2, 0.25) is 0 Å². The summed E-state index contributed by atoms with van der Waals surface area (Å²) in [6.07, 6.45) is 4.02. The van der Waals surface area contributed by atoms with E-state index in [-0.39, 0.29) is 5.54 Å². The van der Waals surface area contributed by atoms with Gasteiger partial charge in [-0.3, -0.25) is 4.90 Å². The Labute approximate surface area is 95.4 Å². The van der Waals surface area contributed by atoms with Crippen LogP contribution in [0.4, 0.5) is 0 Å². The molecule has 0 aromatic carbocycles. The average Bonchev–Trinajstić information content (AvgIpc) is 2.12. The van der Waals surface area contributed by atoms with Crippen LogP contribution in [0.5, 0.6) is 0 Å². The van der Waals surface area contributed by atoms with E-state index in [0.717, 1.165) is 6.54 Å². The van der Waals surface area contributed by atoms with Gasteiger partial charge in [-0.15, -0.1) is 0 Å². The highest BCUT2D eigenvalue weighted by molar-refractivity contribution is 4.97. The largest absolute Gasteiger partial charge is 0.309 e. The van der Waals surface area contributed by atoms with Crippen LogP contribution in [0, 0.1) is 0 Å². The highest BCUT2D eigenvalue weighted by Gasteiger charge is 2.36. The maximum Gasteiger partial charge on any atom is 0.0278 e. The van der Waals surface area contributed by atoms with Gasteiger partial charge in [-0.2, -0.15) is 0 Å². The molecule has 0 radical (unpaired) electrons. The highest BCUT2D eigenvalue weighted by Crippen LogP contribution is 2.23. The summed E-state index contributed by atoms with van der Waals surface area (Å²) in [5.74, 6) is 0. The summed E-state index contributed by atoms with van der Waals surface area (Å²) in [4.78, 5) is 2.65. The first-order valence-corrected chi connectivity index (χ1v) is 6.37. The van der Waals surface area contributed by atoms with Crippen LogP contribution < -0.4 is 5.32 Å². The Bertz CT molecular complexity index is 197. The molecule has 1 saturated heterocycles. The van der Waals surface area contributed by atoms with E-state index < -0.39 is 0 Å². The Morgan fingerprint density at radius 2 is 1.80 bits per heavy atom. The van der Waals surface area contributed by atoms with Crippen molar-refractivity contribution in [2.45, 2.75) is 65.0 Å². The molecule has 1 rings (SSSR count). The minimum Gasteiger partial charge on any atom is -0.309 e. The zero-order valence-corrected chi connectivity index (χ0v) is 11.2. The van der Waals surface area contributed by atoms with Crippen molar-refractivity contribution in [2.75, 3.05) is 19.6 Å². The second-order valence-electron chi connectivity index (χ2n) is 6.18. The lowest BCUT2D eigenvalue weighted by Crippen LogP contribution is -2.66. The first kappa shape index (κ1) is 13.0. The molecule has 0 aliphatic carbocycles. The predicted molar refractivity (Wildman–Crippen MR) is 67.3 cm³/mol. The lowest BCUT2D eigenvalue weighted by molar-refractivity contribution is 0.0380. The molecule has 2 nitrogen and oxygen atoms in total. The number of rotatable bonds is 4. The topological polar surface area (TPSA) is 15.3 Å². The third-order valence-electron chi connectivity index (χ3n) is 3.47. The molecule has 1 N–H and O–H groups in total. The van der Waals surface area contributed by atoms with E-state index in [2.05, 4.69) is 44.8 Å². The third-order valence-corrected chi connectivity index (χ3v) is 3.47. The minimum absolute atomic E-state index is 0.279. The van der Waals surface area contributed by atoms with E-state index in [4.69, 9.17) is 0 Å². The van der Waals surface area contributed by atoms with Crippen LogP contribution in [0.15, 0.2) is 0 Å². The maximum absolute atomic E-state index is 3.63. The minimum atomic E-state index is 0.279. The third kappa shape index (κ3) is 3.76. The summed E-state index contributed by atoms with van der Waals surface area (Å²) in [7, 11) is 0. The number of nitrogens with zero attached hydrogens (tertiary/aromatic N) is 1. The SMILES string of the molecule is CCCCCN1CC(C)(C)NCC1(C)C. The summed E-state index contributed by atoms with van der Waals surface area (Å²) in [5, 5.41) is 3.63. The Hall–Kier alpha value is -0.0800. The van der Waals surface area contributed by atoms with E-state index in [1.807, 2.05) is 0 Å². The fourth-order valence-corrected chi connectivity index (χ4v) is 2.25. The zero-order valence-electron chi connectivity index (χ0n) is 11.2. The molecular weight excluding hydrogens is 184 g/mol. The molecule has 0 aromatic rings. The fourth-order valence-electron chi connectivity index (χ4n) is 2.25. The van der Waals surface area contributed by atoms with Crippen LogP contribution in [-0.4, -0.2) is 35.6 Å². The summed E-state index contributed by atoms with van der Waals surface area (Å²) >= 11 is 0. The maximum atomic E-state index is 3.63. The molecule has 0 spiro atoms. The number of hydrogen-bond acceptors (Lipinski definition) is 2. The van der Waals surface area contributed by atoms with E-state index in [9.17, 15) is 0 Å². The average molecular weight is 212 g/mol. The molecular formula is C13H28N2. The number of unbranched alkanes of at least 4 members (excludes halogenated alkanes) is 2. The van der Waals surface area contributed by atoms with Gasteiger partial charge in [0.2, 0.25) is 0 Å². The Kier molecular flexibility index (Phi) is 4.19. The molecule has 1 aliphatic rings. The molecule has 0 amide bonds. The van der Waals surface area contributed by atoms with Crippen molar-refractivity contribution in [3.63, 3.8) is 0 Å². The molecule has 0 bridgehead atoms. The van der Waals surface area contributed by atoms with Gasteiger partial charge in [0.15, 0.2) is 0 Å². The van der Waals surface area contributed by atoms with Gasteiger partial charge >= 0.3 is 0 Å². The van der Waals surface area contributed by atoms with Crippen molar-refractivity contribution < 1.29 is 0 Å². The Morgan fingerprint density at radius 3 is 2.40 bits per heavy atom. The van der Waals surface area contributed by atoms with Crippen molar-refractivity contribution in [2.24, 2.45) is 0 Å². The molecule has 90 valence electrons. The van der Waals surface area contributed by atoms with Gasteiger partial charge in [0.05, 0.1) is 0 Å². The van der Waals surface area contributed by atoms with Crippen molar-refractivity contribution in [3.05, 3.63) is 0 Å². The van der Waals surface area contributed by atoms with E-state index >= 15 is 0 Å². The van der Waals surface area contributed by atoms with Gasteiger partial charge in [-0.1, -0.05) is 19.8 Å². The second-order valence-corrected chi connectivity index (χ2v) is 6.18. The van der Waals surface area contributed by atoms with E-state index in [1.165, 1.54) is 32.4 Å². The van der Waals surface area contributed by atoms with Crippen LogP contribution in [0.1, 0.15) is 53.9 Å². The Balaban J connectivity index is 2.49. The number of nitrogens with one attached hydrogen (secondary N) is 1. The quantitative estimate of drug-likeness (QED) is 0.721. The Morgan fingerprint density at radius 1 is 1.13 bits per heavy atom. The molecule has 0 aromatic heterocycles. The van der Waals surface area contributed by atoms with Gasteiger partial charge in [0.1, 0.15) is 0 Å². The normalized spacial score (nSPS) is 25.4. The monoisotopic (exact) mass is 212 g/mol. The molecule has 0 atom stereocenters. The first-order chi connectivity index (χ1) is 6.87. The van der Waals surface area contributed by atoms with Crippen molar-refractivity contribution in [3.8, 4) is 0 Å². The fraction of sp³-hybridized carbons (Fsp3) is 1.00. The van der Waals surface area contributed by atoms with Crippen molar-refractivity contribution in [1.29, 1.82) is 0 Å². The zero-order chi connectivity index (χ0) is 11.5. The van der Waals surface area contributed by atoms with E-state index in [0.29, 0.717) is 5.54 Å². The van der Waals surface area contributed by atoms with Crippen molar-refractivity contribution in [1.82, 2.24) is 10.2 Å². The standard InChI is InChI=1S/C13H28N2/c1-6-7-8-9-15-11-12(2,3)14-10-13(15,4)5/h14H,6-11H2,1-5H3. The van der Waals surface area contributed by atoms with Gasteiger partial charge < -0.3 is 5.32 Å². The van der Waals surface area contributed by atoms with Gasteiger partial charge in [0, 0.05) is 24.2 Å². The van der Waals surface area contributed by atoms with Crippen LogP contribution in [0.25, 0.3) is 0 Å². The highest BCUT2D eigenvalue weighted by atomic mass is 15.3. The molecule has 0 saturated carbocycles. The van der Waals surface area contributed by atoms with Gasteiger partial charge in [-0.25, -0.2) is 0 Å². The molecule has 0 unspecified atom stereocenters. The van der Waals surface area contributed by atoms with Gasteiger partial charge in [0.25, 0.3) is 0 Å². The summed E-state index contributed by atoms with van der Waals surface area (Å²) in [5.41, 5.74) is 0.602. The van der Waals surface area contributed by atoms with Gasteiger partial charge in [-0.05, 0) is 40.7 Å². The molecule has 2 heteroatoms. The predicted octanol–water partition coefficient (Wildman–Crippen LogP) is 2.64. The molecule has 1 aliphatic heterocycles. The van der Waals surface area contributed by atoms with Crippen LogP contribution in [0.3, 0.4) is 0 Å². The molecule has 1 heterocycles. The molecule has 1 fully saturated rings. The van der Waals surface area contributed by atoms with E-state index in [1.54, 1.807) is 0 Å². The molecule has 15 heavy (non-hydrogen) atoms. The first-order valence-electron chi connectivity index (χ1n) is 6.37. The summed E-state index contributed by atoms with van der Waals surface area (Å²) in [6, 6.07) is 0.